The summed E-state index contributed by atoms with van der Waals surface area (Å²) in [6.45, 7) is 0. The minimum Gasteiger partial charge on any atom is -0.456 e. The molecule has 0 spiro atoms. The molecule has 0 aliphatic heterocycles. The molecule has 0 aliphatic rings. The quantitative estimate of drug-likeness (QED) is 0.0715. The molecule has 4 aromatic heterocycles. The third-order valence-electron chi connectivity index (χ3n) is 27.7. The van der Waals surface area contributed by atoms with E-state index < -0.39 is 0 Å². The van der Waals surface area contributed by atoms with E-state index in [1.807, 2.05) is 24.3 Å². The topological polar surface area (TPSA) is 49.1 Å². The maximum atomic E-state index is 6.41. The Morgan fingerprint density at radius 2 is 0.307 bits per heavy atom. The lowest BCUT2D eigenvalue weighted by Crippen LogP contribution is -2.10. The molecule has 658 valence electrons. The maximum Gasteiger partial charge on any atom is 0.136 e. The number of furan rings is 2. The molecule has 0 amide bonds. The number of fused-ring (bicyclic) bond motifs is 12. The second kappa shape index (κ2) is 34.9. The van der Waals surface area contributed by atoms with Crippen LogP contribution in [0.4, 0.5) is 68.2 Å². The SMILES string of the molecule is c1ccc(N(c2ccc(-c3ccc(N(c4ccc(-c5ccc(N(c6ccc(-c7ccc(N(c8ccccc8)c8ccc(-c9ccc%10c(c9)c9ccccc9n%10-c9ccccc9)cc8)cc7)cc6)c6ccc(-c7ccc8c(c7)oc7ccccc78)cc6)cc5)cc4)c4ccc(-c5ccc6c(c5)oc5ccccc56)cc4)cc3)cc2)c2ccc(-c3ccc4c(c3)c3ccccc3n4-c3ccccc3)cc2)cc1. The number of nitrogens with zero attached hydrogens (tertiary/aromatic N) is 6. The van der Waals surface area contributed by atoms with E-state index in [-0.39, 0.29) is 0 Å². The Morgan fingerprint density at radius 3 is 0.579 bits per heavy atom. The molecule has 26 rings (SSSR count). The van der Waals surface area contributed by atoms with E-state index in [9.17, 15) is 0 Å². The Balaban J connectivity index is 0.494. The normalized spacial score (nSPS) is 11.6. The van der Waals surface area contributed by atoms with Crippen LogP contribution in [0.1, 0.15) is 0 Å². The summed E-state index contributed by atoms with van der Waals surface area (Å²) in [5.41, 5.74) is 38.9. The molecule has 0 aliphatic carbocycles. The summed E-state index contributed by atoms with van der Waals surface area (Å²) in [5, 5.41) is 9.39. The fourth-order valence-electron chi connectivity index (χ4n) is 20.8. The van der Waals surface area contributed by atoms with E-state index in [0.29, 0.717) is 0 Å². The van der Waals surface area contributed by atoms with Crippen molar-refractivity contribution in [2.75, 3.05) is 19.6 Å². The summed E-state index contributed by atoms with van der Waals surface area (Å²) in [4.78, 5) is 9.39. The van der Waals surface area contributed by atoms with E-state index in [2.05, 4.69) is 538 Å². The van der Waals surface area contributed by atoms with Crippen LogP contribution in [-0.2, 0) is 0 Å². The molecule has 0 radical (unpaired) electrons. The van der Waals surface area contributed by atoms with Crippen molar-refractivity contribution in [3.8, 4) is 89.3 Å². The molecular formula is C132H88N6O2. The third kappa shape index (κ3) is 15.0. The zero-order valence-electron chi connectivity index (χ0n) is 76.3. The standard InChI is InChI=1S/C132H88N6O2/c1-5-21-103(22-6-1)133(109-73-49-95(50-74-109)99-59-83-127-123(85-99)117-29-13-17-33-125(117)137(127)105-25-9-3-10-26-105)107-61-37-89(38-62-107)91-41-65-111(66-42-91)135(115-77-53-97(54-78-115)101-57-81-121-119-31-15-19-35-129(119)139-131(121)87-101)113-69-45-93(46-70-113)94-47-71-114(72-48-94)136(116-79-55-98(56-80-116)102-58-82-122-120-32-16-20-36-130(120)140-132(122)88-102)112-67-43-92(44-68-112)90-39-63-108(64-40-90)134(104-23-7-2-8-24-104)110-75-51-96(52-76-110)100-60-84-128-124(86-100)118-30-14-18-34-126(118)138(128)106-27-11-4-12-28-106/h1-88H. The van der Waals surface area contributed by atoms with Crippen molar-refractivity contribution in [1.82, 2.24) is 9.13 Å². The van der Waals surface area contributed by atoms with Crippen LogP contribution in [0.2, 0.25) is 0 Å². The summed E-state index contributed by atoms with van der Waals surface area (Å²) in [6.07, 6.45) is 0. The van der Waals surface area contributed by atoms with E-state index in [1.54, 1.807) is 0 Å². The number of anilines is 12. The molecular weight excluding hydrogens is 1700 g/mol. The van der Waals surface area contributed by atoms with E-state index in [0.717, 1.165) is 190 Å². The highest BCUT2D eigenvalue weighted by molar-refractivity contribution is 6.13. The van der Waals surface area contributed by atoms with Crippen molar-refractivity contribution < 1.29 is 8.83 Å². The lowest BCUT2D eigenvalue weighted by atomic mass is 10.0. The highest BCUT2D eigenvalue weighted by Crippen LogP contribution is 2.48. The van der Waals surface area contributed by atoms with Crippen LogP contribution in [0.3, 0.4) is 0 Å². The maximum absolute atomic E-state index is 6.41. The predicted molar refractivity (Wildman–Crippen MR) is 586 cm³/mol. The molecule has 0 saturated heterocycles. The van der Waals surface area contributed by atoms with Crippen LogP contribution >= 0.6 is 0 Å². The van der Waals surface area contributed by atoms with Crippen LogP contribution in [0.15, 0.2) is 543 Å². The first-order valence-electron chi connectivity index (χ1n) is 47.7. The smallest absolute Gasteiger partial charge is 0.136 e. The predicted octanol–water partition coefficient (Wildman–Crippen LogP) is 37.2. The average Bonchev–Trinajstić information content (AvgIpc) is 1.59. The van der Waals surface area contributed by atoms with Crippen LogP contribution < -0.4 is 19.6 Å². The summed E-state index contributed by atoms with van der Waals surface area (Å²) in [6, 6.07) is 193. The van der Waals surface area contributed by atoms with Gasteiger partial charge in [-0.1, -0.05) is 291 Å². The number of hydrogen-bond donors (Lipinski definition) is 0. The largest absolute Gasteiger partial charge is 0.456 e. The number of benzene rings is 22. The van der Waals surface area contributed by atoms with Gasteiger partial charge in [0, 0.05) is 123 Å². The first-order chi connectivity index (χ1) is 69.4. The Morgan fingerprint density at radius 1 is 0.121 bits per heavy atom. The van der Waals surface area contributed by atoms with Crippen molar-refractivity contribution in [2.45, 2.75) is 0 Å². The fourth-order valence-corrected chi connectivity index (χ4v) is 20.8. The van der Waals surface area contributed by atoms with Gasteiger partial charge in [0.05, 0.1) is 22.1 Å². The van der Waals surface area contributed by atoms with Gasteiger partial charge in [-0.2, -0.15) is 0 Å². The molecule has 26 aromatic rings. The Hall–Kier alpha value is -18.8. The molecule has 0 fully saturated rings. The lowest BCUT2D eigenvalue weighted by molar-refractivity contribution is 0.668. The first kappa shape index (κ1) is 82.0. The van der Waals surface area contributed by atoms with E-state index >= 15 is 0 Å². The van der Waals surface area contributed by atoms with Crippen LogP contribution in [-0.4, -0.2) is 9.13 Å². The molecule has 0 bridgehead atoms. The van der Waals surface area contributed by atoms with Crippen molar-refractivity contribution in [2.24, 2.45) is 0 Å². The van der Waals surface area contributed by atoms with Gasteiger partial charge in [0.1, 0.15) is 22.3 Å². The summed E-state index contributed by atoms with van der Waals surface area (Å²) in [7, 11) is 0. The highest BCUT2D eigenvalue weighted by Gasteiger charge is 2.24. The minimum atomic E-state index is 0.871. The zero-order valence-corrected chi connectivity index (χ0v) is 76.3. The Bertz CT molecular complexity index is 8550. The van der Waals surface area contributed by atoms with Gasteiger partial charge in [0.25, 0.3) is 0 Å². The van der Waals surface area contributed by atoms with Crippen molar-refractivity contribution in [3.05, 3.63) is 534 Å². The molecule has 0 unspecified atom stereocenters. The van der Waals surface area contributed by atoms with Crippen molar-refractivity contribution in [1.29, 1.82) is 0 Å². The summed E-state index contributed by atoms with van der Waals surface area (Å²) in [5.74, 6) is 0. The molecule has 0 saturated carbocycles. The zero-order chi connectivity index (χ0) is 92.5. The number of hydrogen-bond acceptors (Lipinski definition) is 6. The summed E-state index contributed by atoms with van der Waals surface area (Å²) < 4.78 is 17.5. The van der Waals surface area contributed by atoms with Gasteiger partial charge < -0.3 is 37.6 Å². The van der Waals surface area contributed by atoms with Crippen LogP contribution in [0, 0.1) is 0 Å². The van der Waals surface area contributed by atoms with Gasteiger partial charge in [-0.05, 0) is 321 Å². The summed E-state index contributed by atoms with van der Waals surface area (Å²) >= 11 is 0. The van der Waals surface area contributed by atoms with E-state index in [4.69, 9.17) is 8.83 Å². The highest BCUT2D eigenvalue weighted by atomic mass is 16.3. The molecule has 22 aromatic carbocycles. The molecule has 8 heteroatoms. The van der Waals surface area contributed by atoms with Gasteiger partial charge in [0.15, 0.2) is 0 Å². The average molecular weight is 1790 g/mol. The van der Waals surface area contributed by atoms with Gasteiger partial charge >= 0.3 is 0 Å². The van der Waals surface area contributed by atoms with Gasteiger partial charge in [-0.25, -0.2) is 0 Å². The van der Waals surface area contributed by atoms with Crippen molar-refractivity contribution in [3.63, 3.8) is 0 Å². The Kier molecular flexibility index (Phi) is 20.4. The first-order valence-corrected chi connectivity index (χ1v) is 47.7. The Labute approximate surface area is 810 Å². The van der Waals surface area contributed by atoms with Gasteiger partial charge in [0.2, 0.25) is 0 Å². The molecule has 140 heavy (non-hydrogen) atoms. The number of para-hydroxylation sites is 8. The number of aromatic nitrogens is 2. The molecule has 4 heterocycles. The van der Waals surface area contributed by atoms with Gasteiger partial charge in [-0.15, -0.1) is 0 Å². The number of rotatable bonds is 21. The third-order valence-corrected chi connectivity index (χ3v) is 27.7. The van der Waals surface area contributed by atoms with Crippen LogP contribution in [0.25, 0.3) is 177 Å². The fraction of sp³-hybridized carbons (Fsp3) is 0. The minimum absolute atomic E-state index is 0.871. The van der Waals surface area contributed by atoms with Crippen molar-refractivity contribution >= 4 is 156 Å². The second-order valence-corrected chi connectivity index (χ2v) is 35.9. The lowest BCUT2D eigenvalue weighted by Gasteiger charge is -2.27. The van der Waals surface area contributed by atoms with E-state index in [1.165, 1.54) is 54.7 Å². The molecule has 0 atom stereocenters. The van der Waals surface area contributed by atoms with Gasteiger partial charge in [-0.3, -0.25) is 0 Å². The second-order valence-electron chi connectivity index (χ2n) is 35.9. The molecule has 8 nitrogen and oxygen atoms in total. The van der Waals surface area contributed by atoms with Crippen LogP contribution in [0.5, 0.6) is 0 Å². The molecule has 0 N–H and O–H groups in total. The monoisotopic (exact) mass is 1790 g/mol.